The molecule has 2 heterocycles. The average molecular weight is 408 g/mol. The van der Waals surface area contributed by atoms with E-state index in [1.165, 1.54) is 11.3 Å². The van der Waals surface area contributed by atoms with Crippen LogP contribution < -0.4 is 14.2 Å². The first kappa shape index (κ1) is 18.9. The summed E-state index contributed by atoms with van der Waals surface area (Å²) in [5.41, 5.74) is 2.11. The van der Waals surface area contributed by atoms with Crippen molar-refractivity contribution in [2.45, 2.75) is 6.42 Å². The second-order valence-corrected chi connectivity index (χ2v) is 7.21. The fourth-order valence-electron chi connectivity index (χ4n) is 2.90. The number of hydrogen-bond acceptors (Lipinski definition) is 7. The van der Waals surface area contributed by atoms with E-state index in [-0.39, 0.29) is 0 Å². The van der Waals surface area contributed by atoms with Gasteiger partial charge in [-0.15, -0.1) is 10.2 Å². The van der Waals surface area contributed by atoms with E-state index in [9.17, 15) is 0 Å². The molecular formula is C21H20N4O3S. The van der Waals surface area contributed by atoms with E-state index in [1.807, 2.05) is 54.6 Å². The Morgan fingerprint density at radius 2 is 1.69 bits per heavy atom. The van der Waals surface area contributed by atoms with E-state index in [0.29, 0.717) is 17.9 Å². The molecule has 2 aromatic heterocycles. The van der Waals surface area contributed by atoms with Crippen LogP contribution in [0.15, 0.2) is 42.5 Å². The van der Waals surface area contributed by atoms with Gasteiger partial charge in [-0.3, -0.25) is 0 Å². The molecule has 4 aromatic rings. The zero-order valence-corrected chi connectivity index (χ0v) is 17.1. The van der Waals surface area contributed by atoms with Gasteiger partial charge in [0.05, 0.1) is 21.3 Å². The Kier molecular flexibility index (Phi) is 5.44. The fourth-order valence-corrected chi connectivity index (χ4v) is 3.66. The van der Waals surface area contributed by atoms with Gasteiger partial charge in [0.15, 0.2) is 17.3 Å². The quantitative estimate of drug-likeness (QED) is 0.461. The van der Waals surface area contributed by atoms with Crippen LogP contribution in [-0.2, 0) is 6.42 Å². The topological polar surface area (TPSA) is 70.8 Å². The Labute approximate surface area is 172 Å². The van der Waals surface area contributed by atoms with Crippen LogP contribution in [0.2, 0.25) is 0 Å². The van der Waals surface area contributed by atoms with Gasteiger partial charge in [-0.05, 0) is 41.5 Å². The molecule has 148 valence electrons. The van der Waals surface area contributed by atoms with Crippen molar-refractivity contribution in [3.8, 4) is 17.2 Å². The molecule has 0 N–H and O–H groups in total. The molecule has 0 saturated heterocycles. The highest BCUT2D eigenvalue weighted by molar-refractivity contribution is 7.17. The molecule has 0 unspecified atom stereocenters. The lowest BCUT2D eigenvalue weighted by Crippen LogP contribution is -1.97. The maximum absolute atomic E-state index is 5.35. The van der Waals surface area contributed by atoms with Crippen LogP contribution >= 0.6 is 11.3 Å². The molecular weight excluding hydrogens is 388 g/mol. The number of nitrogens with zero attached hydrogens (tertiary/aromatic N) is 4. The SMILES string of the molecule is COc1ccc(Cc2nnc3sc(/C=C/c4ccc(OC)c(OC)c4)nn23)cc1. The second-order valence-electron chi connectivity index (χ2n) is 6.22. The number of rotatable bonds is 7. The molecule has 4 rings (SSSR count). The van der Waals surface area contributed by atoms with Crippen molar-refractivity contribution in [2.24, 2.45) is 0 Å². The number of ether oxygens (including phenoxy) is 3. The summed E-state index contributed by atoms with van der Waals surface area (Å²) in [5.74, 6) is 3.02. The monoisotopic (exact) mass is 408 g/mol. The molecule has 8 heteroatoms. The number of benzene rings is 2. The van der Waals surface area contributed by atoms with E-state index >= 15 is 0 Å². The van der Waals surface area contributed by atoms with Crippen molar-refractivity contribution < 1.29 is 14.2 Å². The van der Waals surface area contributed by atoms with E-state index in [1.54, 1.807) is 25.8 Å². The highest BCUT2D eigenvalue weighted by Gasteiger charge is 2.11. The van der Waals surface area contributed by atoms with Crippen molar-refractivity contribution in [3.63, 3.8) is 0 Å². The summed E-state index contributed by atoms with van der Waals surface area (Å²) in [4.78, 5) is 0.764. The van der Waals surface area contributed by atoms with Gasteiger partial charge in [0.1, 0.15) is 10.8 Å². The predicted molar refractivity (Wildman–Crippen MR) is 113 cm³/mol. The second kappa shape index (κ2) is 8.32. The van der Waals surface area contributed by atoms with Gasteiger partial charge in [-0.2, -0.15) is 9.61 Å². The van der Waals surface area contributed by atoms with Crippen molar-refractivity contribution >= 4 is 28.4 Å². The lowest BCUT2D eigenvalue weighted by Gasteiger charge is -2.07. The largest absolute Gasteiger partial charge is 0.497 e. The van der Waals surface area contributed by atoms with Crippen LogP contribution in [0.25, 0.3) is 17.1 Å². The maximum Gasteiger partial charge on any atom is 0.234 e. The first-order valence-electron chi connectivity index (χ1n) is 8.94. The van der Waals surface area contributed by atoms with Crippen molar-refractivity contribution in [3.05, 3.63) is 64.4 Å². The van der Waals surface area contributed by atoms with E-state index in [4.69, 9.17) is 14.2 Å². The van der Waals surface area contributed by atoms with Gasteiger partial charge in [0.2, 0.25) is 4.96 Å². The molecule has 0 atom stereocenters. The number of methoxy groups -OCH3 is 3. The molecule has 0 fully saturated rings. The molecule has 0 aliphatic heterocycles. The van der Waals surface area contributed by atoms with Gasteiger partial charge in [-0.1, -0.05) is 35.6 Å². The van der Waals surface area contributed by atoms with Crippen LogP contribution in [0.3, 0.4) is 0 Å². The third-order valence-electron chi connectivity index (χ3n) is 4.42. The number of hydrogen-bond donors (Lipinski definition) is 0. The summed E-state index contributed by atoms with van der Waals surface area (Å²) in [5, 5.41) is 14.0. The molecule has 0 radical (unpaired) electrons. The molecule has 7 nitrogen and oxygen atoms in total. The van der Waals surface area contributed by atoms with Gasteiger partial charge in [0, 0.05) is 6.42 Å². The summed E-state index contributed by atoms with van der Waals surface area (Å²) < 4.78 is 17.6. The summed E-state index contributed by atoms with van der Waals surface area (Å²) in [7, 11) is 4.90. The minimum absolute atomic E-state index is 0.647. The van der Waals surface area contributed by atoms with Gasteiger partial charge >= 0.3 is 0 Å². The Morgan fingerprint density at radius 3 is 2.41 bits per heavy atom. The standard InChI is InChI=1S/C21H20N4O3S/c1-26-16-8-4-15(5-9-16)13-19-22-23-21-25(19)24-20(29-21)11-7-14-6-10-17(27-2)18(12-14)28-3/h4-12H,13H2,1-3H3/b11-7+. The van der Waals surface area contributed by atoms with Crippen LogP contribution in [0.4, 0.5) is 0 Å². The predicted octanol–water partition coefficient (Wildman–Crippen LogP) is 3.97. The number of fused-ring (bicyclic) bond motifs is 1. The van der Waals surface area contributed by atoms with Gasteiger partial charge in [0.25, 0.3) is 0 Å². The highest BCUT2D eigenvalue weighted by Crippen LogP contribution is 2.28. The minimum Gasteiger partial charge on any atom is -0.497 e. The minimum atomic E-state index is 0.647. The maximum atomic E-state index is 5.35. The molecule has 29 heavy (non-hydrogen) atoms. The Morgan fingerprint density at radius 1 is 0.897 bits per heavy atom. The van der Waals surface area contributed by atoms with Crippen molar-refractivity contribution in [2.75, 3.05) is 21.3 Å². The third-order valence-corrected chi connectivity index (χ3v) is 5.28. The molecule has 2 aromatic carbocycles. The van der Waals surface area contributed by atoms with E-state index in [0.717, 1.165) is 32.7 Å². The van der Waals surface area contributed by atoms with Crippen molar-refractivity contribution in [1.82, 2.24) is 19.8 Å². The molecule has 0 saturated carbocycles. The lowest BCUT2D eigenvalue weighted by atomic mass is 10.1. The van der Waals surface area contributed by atoms with Gasteiger partial charge in [-0.25, -0.2) is 0 Å². The smallest absolute Gasteiger partial charge is 0.234 e. The summed E-state index contributed by atoms with van der Waals surface area (Å²) >= 11 is 1.49. The van der Waals surface area contributed by atoms with Gasteiger partial charge < -0.3 is 14.2 Å². The third kappa shape index (κ3) is 4.07. The Balaban J connectivity index is 1.54. The molecule has 0 aliphatic carbocycles. The fraction of sp³-hybridized carbons (Fsp3) is 0.190. The first-order valence-corrected chi connectivity index (χ1v) is 9.76. The molecule has 0 amide bonds. The Hall–Kier alpha value is -3.39. The summed E-state index contributed by atoms with van der Waals surface area (Å²) in [6.45, 7) is 0. The van der Waals surface area contributed by atoms with E-state index in [2.05, 4.69) is 15.3 Å². The van der Waals surface area contributed by atoms with E-state index < -0.39 is 0 Å². The molecule has 0 bridgehead atoms. The zero-order valence-electron chi connectivity index (χ0n) is 16.3. The average Bonchev–Trinajstić information content (AvgIpc) is 3.34. The molecule has 0 aliphatic rings. The normalized spacial score (nSPS) is 11.3. The number of aromatic nitrogens is 4. The Bertz CT molecular complexity index is 1150. The summed E-state index contributed by atoms with van der Waals surface area (Å²) in [6, 6.07) is 13.7. The summed E-state index contributed by atoms with van der Waals surface area (Å²) in [6.07, 6.45) is 4.59. The molecule has 0 spiro atoms. The zero-order chi connectivity index (χ0) is 20.2. The van der Waals surface area contributed by atoms with Crippen molar-refractivity contribution in [1.29, 1.82) is 0 Å². The van der Waals surface area contributed by atoms with Crippen LogP contribution in [0.5, 0.6) is 17.2 Å². The first-order chi connectivity index (χ1) is 14.2. The lowest BCUT2D eigenvalue weighted by molar-refractivity contribution is 0.355. The highest BCUT2D eigenvalue weighted by atomic mass is 32.1. The van der Waals surface area contributed by atoms with Crippen LogP contribution in [0, 0.1) is 0 Å². The van der Waals surface area contributed by atoms with Crippen LogP contribution in [0.1, 0.15) is 22.0 Å². The van der Waals surface area contributed by atoms with Crippen LogP contribution in [-0.4, -0.2) is 41.1 Å².